The van der Waals surface area contributed by atoms with E-state index in [1.54, 1.807) is 0 Å². The summed E-state index contributed by atoms with van der Waals surface area (Å²) in [5.41, 5.74) is 1.92. The van der Waals surface area contributed by atoms with Crippen LogP contribution < -0.4 is 5.32 Å². The second-order valence-corrected chi connectivity index (χ2v) is 10.3. The fourth-order valence-electron chi connectivity index (χ4n) is 6.70. The molecule has 1 aromatic carbocycles. The fourth-order valence-corrected chi connectivity index (χ4v) is 6.96. The standard InChI is InChI=1S/C23H29BrN4O/c1-2-3-6-18-7-4-5-8-19(18)26-20(29)22-10-16-9-17(11-22)13-23(12-16,14-22)28-15-25-21(24)27-28/h4-5,7-8,15-17H,2-3,6,9-14H2,1H3,(H,26,29)/t16-,17+,22?,23?. The van der Waals surface area contributed by atoms with Gasteiger partial charge in [0.15, 0.2) is 0 Å². The Bertz CT molecular complexity index is 909. The summed E-state index contributed by atoms with van der Waals surface area (Å²) in [6.45, 7) is 2.21. The van der Waals surface area contributed by atoms with Crippen molar-refractivity contribution >= 4 is 27.5 Å². The lowest BCUT2D eigenvalue weighted by Gasteiger charge is -2.60. The van der Waals surface area contributed by atoms with Gasteiger partial charge in [0.2, 0.25) is 10.6 Å². The SMILES string of the molecule is CCCCc1ccccc1NC(=O)C12C[C@H]3C[C@@H](C1)CC(n1cnc(Br)n1)(C3)C2. The van der Waals surface area contributed by atoms with Crippen molar-refractivity contribution in [2.24, 2.45) is 17.3 Å². The quantitative estimate of drug-likeness (QED) is 0.639. The molecule has 1 amide bonds. The highest BCUT2D eigenvalue weighted by molar-refractivity contribution is 9.10. The van der Waals surface area contributed by atoms with Crippen LogP contribution in [-0.2, 0) is 16.8 Å². The number of carbonyl (C=O) groups excluding carboxylic acids is 1. The zero-order chi connectivity index (χ0) is 20.1. The van der Waals surface area contributed by atoms with Crippen LogP contribution in [0.3, 0.4) is 0 Å². The number of aromatic nitrogens is 3. The van der Waals surface area contributed by atoms with E-state index in [1.165, 1.54) is 12.0 Å². The molecule has 6 rings (SSSR count). The predicted molar refractivity (Wildman–Crippen MR) is 116 cm³/mol. The van der Waals surface area contributed by atoms with Gasteiger partial charge in [-0.25, -0.2) is 9.67 Å². The summed E-state index contributed by atoms with van der Waals surface area (Å²) in [4.78, 5) is 18.0. The van der Waals surface area contributed by atoms with Crippen molar-refractivity contribution in [3.8, 4) is 0 Å². The van der Waals surface area contributed by atoms with Gasteiger partial charge >= 0.3 is 0 Å². The van der Waals surface area contributed by atoms with Gasteiger partial charge in [-0.3, -0.25) is 4.79 Å². The Morgan fingerprint density at radius 2 is 2.00 bits per heavy atom. The highest BCUT2D eigenvalue weighted by Crippen LogP contribution is 2.64. The number of rotatable bonds is 6. The molecule has 2 aromatic rings. The summed E-state index contributed by atoms with van der Waals surface area (Å²) in [5, 5.41) is 7.97. The molecule has 4 bridgehead atoms. The van der Waals surface area contributed by atoms with Gasteiger partial charge < -0.3 is 5.32 Å². The molecule has 2 unspecified atom stereocenters. The largest absolute Gasteiger partial charge is 0.325 e. The molecule has 1 heterocycles. The van der Waals surface area contributed by atoms with Crippen LogP contribution in [0.25, 0.3) is 0 Å². The van der Waals surface area contributed by atoms with Gasteiger partial charge in [0, 0.05) is 5.69 Å². The zero-order valence-electron chi connectivity index (χ0n) is 17.0. The van der Waals surface area contributed by atoms with Crippen molar-refractivity contribution in [2.75, 3.05) is 5.32 Å². The van der Waals surface area contributed by atoms with E-state index in [2.05, 4.69) is 61.1 Å². The highest BCUT2D eigenvalue weighted by atomic mass is 79.9. The number of halogens is 1. The second kappa shape index (κ2) is 7.22. The summed E-state index contributed by atoms with van der Waals surface area (Å²) in [6, 6.07) is 8.31. The Hall–Kier alpha value is -1.69. The Morgan fingerprint density at radius 3 is 2.69 bits per heavy atom. The van der Waals surface area contributed by atoms with Crippen molar-refractivity contribution in [1.82, 2.24) is 14.8 Å². The molecule has 4 fully saturated rings. The highest BCUT2D eigenvalue weighted by Gasteiger charge is 2.61. The van der Waals surface area contributed by atoms with E-state index in [-0.39, 0.29) is 16.9 Å². The summed E-state index contributed by atoms with van der Waals surface area (Å²) in [6.07, 6.45) is 11.6. The Morgan fingerprint density at radius 1 is 1.24 bits per heavy atom. The summed E-state index contributed by atoms with van der Waals surface area (Å²) < 4.78 is 2.70. The number of unbranched alkanes of at least 4 members (excludes halogenated alkanes) is 1. The molecule has 0 saturated heterocycles. The third-order valence-corrected chi connectivity index (χ3v) is 7.89. The maximum atomic E-state index is 13.7. The lowest BCUT2D eigenvalue weighted by Crippen LogP contribution is -2.60. The maximum Gasteiger partial charge on any atom is 0.230 e. The lowest BCUT2D eigenvalue weighted by molar-refractivity contribution is -0.150. The van der Waals surface area contributed by atoms with E-state index in [0.29, 0.717) is 16.6 Å². The molecule has 5 nitrogen and oxygen atoms in total. The second-order valence-electron chi connectivity index (χ2n) is 9.64. The van der Waals surface area contributed by atoms with Crippen LogP contribution in [0.2, 0.25) is 0 Å². The van der Waals surface area contributed by atoms with Gasteiger partial charge in [-0.15, -0.1) is 5.10 Å². The summed E-state index contributed by atoms with van der Waals surface area (Å²) in [7, 11) is 0. The number of hydrogen-bond acceptors (Lipinski definition) is 3. The Kier molecular flexibility index (Phi) is 4.80. The number of amides is 1. The van der Waals surface area contributed by atoms with E-state index >= 15 is 0 Å². The van der Waals surface area contributed by atoms with E-state index < -0.39 is 0 Å². The minimum Gasteiger partial charge on any atom is -0.325 e. The first-order valence-electron chi connectivity index (χ1n) is 11.0. The number of benzene rings is 1. The van der Waals surface area contributed by atoms with Crippen LogP contribution in [0, 0.1) is 17.3 Å². The van der Waals surface area contributed by atoms with Crippen molar-refractivity contribution in [2.45, 2.75) is 70.3 Å². The van der Waals surface area contributed by atoms with Crippen molar-refractivity contribution in [3.05, 3.63) is 40.9 Å². The summed E-state index contributed by atoms with van der Waals surface area (Å²) in [5.74, 6) is 1.44. The van der Waals surface area contributed by atoms with E-state index in [9.17, 15) is 4.79 Å². The number of anilines is 1. The first kappa shape index (κ1) is 19.3. The molecule has 4 aliphatic carbocycles. The van der Waals surface area contributed by atoms with Gasteiger partial charge in [0.05, 0.1) is 11.0 Å². The van der Waals surface area contributed by atoms with Crippen LogP contribution in [0.15, 0.2) is 35.3 Å². The molecular formula is C23H29BrN4O. The third-order valence-electron chi connectivity index (χ3n) is 7.53. The minimum atomic E-state index is -0.277. The number of nitrogens with one attached hydrogen (secondary N) is 1. The molecule has 4 atom stereocenters. The van der Waals surface area contributed by atoms with Crippen LogP contribution in [0.5, 0.6) is 0 Å². The first-order valence-corrected chi connectivity index (χ1v) is 11.8. The van der Waals surface area contributed by atoms with Crippen LogP contribution in [0.1, 0.15) is 63.9 Å². The smallest absolute Gasteiger partial charge is 0.230 e. The molecule has 4 aliphatic rings. The summed E-state index contributed by atoms with van der Waals surface area (Å²) >= 11 is 3.40. The van der Waals surface area contributed by atoms with Crippen molar-refractivity contribution in [3.63, 3.8) is 0 Å². The van der Waals surface area contributed by atoms with E-state index in [0.717, 1.165) is 57.1 Å². The van der Waals surface area contributed by atoms with Gasteiger partial charge in [-0.2, -0.15) is 0 Å². The average Bonchev–Trinajstić information content (AvgIpc) is 3.13. The van der Waals surface area contributed by atoms with Crippen molar-refractivity contribution in [1.29, 1.82) is 0 Å². The lowest BCUT2D eigenvalue weighted by atomic mass is 9.46. The predicted octanol–water partition coefficient (Wildman–Crippen LogP) is 5.32. The molecule has 1 aromatic heterocycles. The van der Waals surface area contributed by atoms with Crippen LogP contribution in [-0.4, -0.2) is 20.7 Å². The number of para-hydroxylation sites is 1. The topological polar surface area (TPSA) is 59.8 Å². The normalized spacial score (nSPS) is 32.5. The third kappa shape index (κ3) is 3.33. The molecule has 6 heteroatoms. The fraction of sp³-hybridized carbons (Fsp3) is 0.609. The number of nitrogens with zero attached hydrogens (tertiary/aromatic N) is 3. The van der Waals surface area contributed by atoms with E-state index in [1.807, 2.05) is 12.4 Å². The molecule has 0 spiro atoms. The van der Waals surface area contributed by atoms with Crippen molar-refractivity contribution < 1.29 is 4.79 Å². The van der Waals surface area contributed by atoms with Crippen LogP contribution >= 0.6 is 15.9 Å². The first-order chi connectivity index (χ1) is 14.0. The van der Waals surface area contributed by atoms with Gasteiger partial charge in [-0.1, -0.05) is 31.5 Å². The number of hydrogen-bond donors (Lipinski definition) is 1. The van der Waals surface area contributed by atoms with Gasteiger partial charge in [-0.05, 0) is 90.8 Å². The molecule has 4 saturated carbocycles. The Labute approximate surface area is 180 Å². The number of carbonyl (C=O) groups is 1. The minimum absolute atomic E-state index is 0.0534. The van der Waals surface area contributed by atoms with E-state index in [4.69, 9.17) is 0 Å². The van der Waals surface area contributed by atoms with Gasteiger partial charge in [0.1, 0.15) is 6.33 Å². The molecular weight excluding hydrogens is 428 g/mol. The molecule has 154 valence electrons. The Balaban J connectivity index is 1.43. The molecule has 1 N–H and O–H groups in total. The number of aryl methyl sites for hydroxylation is 1. The monoisotopic (exact) mass is 456 g/mol. The maximum absolute atomic E-state index is 13.7. The van der Waals surface area contributed by atoms with Crippen LogP contribution in [0.4, 0.5) is 5.69 Å². The average molecular weight is 457 g/mol. The molecule has 0 aliphatic heterocycles. The molecule has 29 heavy (non-hydrogen) atoms. The zero-order valence-corrected chi connectivity index (χ0v) is 18.6. The molecule has 0 radical (unpaired) electrons. The van der Waals surface area contributed by atoms with Gasteiger partial charge in [0.25, 0.3) is 0 Å².